The molecular formula is C6H13N3O5S. The molecule has 0 heterocycles. The van der Waals surface area contributed by atoms with Crippen molar-refractivity contribution in [3.63, 3.8) is 0 Å². The number of amides is 2. The quantitative estimate of drug-likeness (QED) is 0.224. The van der Waals surface area contributed by atoms with Gasteiger partial charge in [-0.25, -0.2) is 8.51 Å². The van der Waals surface area contributed by atoms with Crippen molar-refractivity contribution in [2.24, 2.45) is 0 Å². The van der Waals surface area contributed by atoms with E-state index in [0.29, 0.717) is 0 Å². The maximum Gasteiger partial charge on any atom is 0.241 e. The first-order valence-corrected chi connectivity index (χ1v) is 5.02. The average molecular weight is 239 g/mol. The third kappa shape index (κ3) is 6.96. The van der Waals surface area contributed by atoms with Crippen LogP contribution in [0.15, 0.2) is 0 Å². The summed E-state index contributed by atoms with van der Waals surface area (Å²) >= 11 is -2.18. The normalized spacial score (nSPS) is 14.4. The standard InChI is InChI=1S/C6H13N3O5S/c1-9(15(13)14)3-5(11)2-6(12)8-7-4-10/h4-5,11H,2-3H2,1H3,(H,7,10)(H,8,12)(H,13,14)/t5-/m0/s1. The largest absolute Gasteiger partial charge is 0.391 e. The minimum absolute atomic E-state index is 0.127. The fraction of sp³-hybridized carbons (Fsp3) is 0.667. The highest BCUT2D eigenvalue weighted by atomic mass is 32.2. The van der Waals surface area contributed by atoms with Gasteiger partial charge in [0.2, 0.25) is 23.6 Å². The first-order valence-electron chi connectivity index (χ1n) is 3.95. The van der Waals surface area contributed by atoms with Crippen LogP contribution in [-0.4, -0.2) is 50.2 Å². The summed E-state index contributed by atoms with van der Waals surface area (Å²) in [5, 5.41) is 9.27. The summed E-state index contributed by atoms with van der Waals surface area (Å²) in [5.41, 5.74) is 3.91. The lowest BCUT2D eigenvalue weighted by Gasteiger charge is -2.15. The molecule has 0 aromatic rings. The van der Waals surface area contributed by atoms with E-state index in [1.807, 2.05) is 10.9 Å². The fourth-order valence-electron chi connectivity index (χ4n) is 0.800. The van der Waals surface area contributed by atoms with Gasteiger partial charge in [0.05, 0.1) is 12.5 Å². The van der Waals surface area contributed by atoms with Gasteiger partial charge in [0.15, 0.2) is 0 Å². The molecule has 0 fully saturated rings. The molecule has 1 unspecified atom stereocenters. The van der Waals surface area contributed by atoms with Gasteiger partial charge in [0.25, 0.3) is 0 Å². The van der Waals surface area contributed by atoms with E-state index in [9.17, 15) is 18.9 Å². The lowest BCUT2D eigenvalue weighted by molar-refractivity contribution is -0.126. The zero-order valence-electron chi connectivity index (χ0n) is 8.04. The van der Waals surface area contributed by atoms with Crippen LogP contribution in [0.4, 0.5) is 0 Å². The van der Waals surface area contributed by atoms with E-state index in [0.717, 1.165) is 4.31 Å². The molecule has 0 aliphatic rings. The Morgan fingerprint density at radius 3 is 2.73 bits per heavy atom. The summed E-state index contributed by atoms with van der Waals surface area (Å²) < 4.78 is 20.0. The number of aliphatic hydroxyl groups excluding tert-OH is 1. The Morgan fingerprint density at radius 2 is 2.27 bits per heavy atom. The molecular weight excluding hydrogens is 226 g/mol. The van der Waals surface area contributed by atoms with Crippen LogP contribution in [0.1, 0.15) is 6.42 Å². The molecule has 0 bridgehead atoms. The van der Waals surface area contributed by atoms with Crippen LogP contribution in [-0.2, 0) is 20.9 Å². The molecule has 2 amide bonds. The van der Waals surface area contributed by atoms with Gasteiger partial charge in [-0.3, -0.25) is 25.0 Å². The Hall–Kier alpha value is -1.03. The second-order valence-electron chi connectivity index (χ2n) is 2.71. The fourth-order valence-corrected chi connectivity index (χ4v) is 1.10. The third-order valence-electron chi connectivity index (χ3n) is 1.43. The minimum Gasteiger partial charge on any atom is -0.391 e. The molecule has 0 aliphatic heterocycles. The first-order chi connectivity index (χ1) is 6.97. The summed E-state index contributed by atoms with van der Waals surface area (Å²) in [7, 11) is 1.32. The summed E-state index contributed by atoms with van der Waals surface area (Å²) in [6, 6.07) is 0. The monoisotopic (exact) mass is 239 g/mol. The maximum atomic E-state index is 10.9. The van der Waals surface area contributed by atoms with E-state index in [4.69, 9.17) is 4.55 Å². The molecule has 2 atom stereocenters. The first kappa shape index (κ1) is 14.0. The van der Waals surface area contributed by atoms with E-state index in [2.05, 4.69) is 0 Å². The average Bonchev–Trinajstić information content (AvgIpc) is 2.14. The van der Waals surface area contributed by atoms with Crippen LogP contribution in [0.2, 0.25) is 0 Å². The van der Waals surface area contributed by atoms with Gasteiger partial charge in [0, 0.05) is 13.6 Å². The van der Waals surface area contributed by atoms with Crippen molar-refractivity contribution in [3.8, 4) is 0 Å². The van der Waals surface area contributed by atoms with Crippen LogP contribution < -0.4 is 10.9 Å². The molecule has 9 heteroatoms. The van der Waals surface area contributed by atoms with Crippen molar-refractivity contribution in [2.45, 2.75) is 12.5 Å². The van der Waals surface area contributed by atoms with Gasteiger partial charge in [0.1, 0.15) is 0 Å². The zero-order valence-corrected chi connectivity index (χ0v) is 8.86. The Balaban J connectivity index is 3.82. The number of aliphatic hydroxyl groups is 1. The Morgan fingerprint density at radius 1 is 1.67 bits per heavy atom. The molecule has 0 rings (SSSR count). The van der Waals surface area contributed by atoms with Gasteiger partial charge in [-0.15, -0.1) is 0 Å². The lowest BCUT2D eigenvalue weighted by atomic mass is 10.2. The highest BCUT2D eigenvalue weighted by Crippen LogP contribution is 1.96. The highest BCUT2D eigenvalue weighted by molar-refractivity contribution is 7.76. The van der Waals surface area contributed by atoms with Crippen molar-refractivity contribution in [1.29, 1.82) is 0 Å². The number of likely N-dealkylation sites (N-methyl/N-ethyl adjacent to an activating group) is 1. The maximum absolute atomic E-state index is 10.9. The zero-order chi connectivity index (χ0) is 11.8. The Kier molecular flexibility index (Phi) is 6.79. The van der Waals surface area contributed by atoms with Crippen molar-refractivity contribution < 1.29 is 23.5 Å². The molecule has 0 aromatic heterocycles. The van der Waals surface area contributed by atoms with Crippen molar-refractivity contribution >= 4 is 23.6 Å². The predicted octanol–water partition coefficient (Wildman–Crippen LogP) is -2.42. The summed E-state index contributed by atoms with van der Waals surface area (Å²) in [4.78, 5) is 20.7. The molecule has 4 N–H and O–H groups in total. The number of hydrazine groups is 1. The minimum atomic E-state index is -2.18. The van der Waals surface area contributed by atoms with E-state index in [1.54, 1.807) is 0 Å². The third-order valence-corrected chi connectivity index (χ3v) is 2.11. The lowest BCUT2D eigenvalue weighted by Crippen LogP contribution is -2.40. The number of nitrogens with one attached hydrogen (secondary N) is 2. The number of rotatable bonds is 7. The predicted molar refractivity (Wildman–Crippen MR) is 51.4 cm³/mol. The highest BCUT2D eigenvalue weighted by Gasteiger charge is 2.15. The number of nitrogens with zero attached hydrogens (tertiary/aromatic N) is 1. The Bertz CT molecular complexity index is 249. The second-order valence-corrected chi connectivity index (χ2v) is 3.79. The molecule has 0 radical (unpaired) electrons. The van der Waals surface area contributed by atoms with E-state index in [1.165, 1.54) is 7.05 Å². The molecule has 88 valence electrons. The summed E-state index contributed by atoms with van der Waals surface area (Å²) in [6.07, 6.45) is -1.08. The van der Waals surface area contributed by atoms with Crippen LogP contribution in [0.5, 0.6) is 0 Å². The van der Waals surface area contributed by atoms with Crippen LogP contribution in [0.3, 0.4) is 0 Å². The molecule has 0 aliphatic carbocycles. The number of carbonyl (C=O) groups excluding carboxylic acids is 2. The van der Waals surface area contributed by atoms with E-state index >= 15 is 0 Å². The number of hydrogen-bond donors (Lipinski definition) is 4. The number of carbonyl (C=O) groups is 2. The number of hydrogen-bond acceptors (Lipinski definition) is 4. The molecule has 0 spiro atoms. The smallest absolute Gasteiger partial charge is 0.241 e. The van der Waals surface area contributed by atoms with E-state index in [-0.39, 0.29) is 19.4 Å². The molecule has 0 aromatic carbocycles. The van der Waals surface area contributed by atoms with Crippen molar-refractivity contribution in [1.82, 2.24) is 15.2 Å². The van der Waals surface area contributed by atoms with Gasteiger partial charge in [-0.05, 0) is 0 Å². The van der Waals surface area contributed by atoms with Crippen LogP contribution in [0.25, 0.3) is 0 Å². The Labute approximate surface area is 89.0 Å². The summed E-state index contributed by atoms with van der Waals surface area (Å²) in [6.45, 7) is -0.127. The topological polar surface area (TPSA) is 119 Å². The SMILES string of the molecule is CN(C[C@@H](O)CC(=O)NNC=O)S(=O)O. The van der Waals surface area contributed by atoms with E-state index < -0.39 is 23.3 Å². The summed E-state index contributed by atoms with van der Waals surface area (Å²) in [5.74, 6) is -0.591. The van der Waals surface area contributed by atoms with Gasteiger partial charge in [-0.2, -0.15) is 0 Å². The second kappa shape index (κ2) is 7.29. The molecule has 0 saturated heterocycles. The van der Waals surface area contributed by atoms with Gasteiger partial charge in [-0.1, -0.05) is 0 Å². The van der Waals surface area contributed by atoms with Crippen molar-refractivity contribution in [2.75, 3.05) is 13.6 Å². The molecule has 15 heavy (non-hydrogen) atoms. The molecule has 8 nitrogen and oxygen atoms in total. The van der Waals surface area contributed by atoms with Gasteiger partial charge >= 0.3 is 0 Å². The van der Waals surface area contributed by atoms with Gasteiger partial charge < -0.3 is 5.11 Å². The van der Waals surface area contributed by atoms with Crippen molar-refractivity contribution in [3.05, 3.63) is 0 Å². The van der Waals surface area contributed by atoms with Crippen LogP contribution >= 0.6 is 0 Å². The molecule has 0 saturated carbocycles. The van der Waals surface area contributed by atoms with Crippen LogP contribution in [0, 0.1) is 0 Å².